The lowest BCUT2D eigenvalue weighted by Crippen LogP contribution is -2.40. The molecular weight excluding hydrogens is 318 g/mol. The molecule has 1 aliphatic heterocycles. The van der Waals surface area contributed by atoms with Gasteiger partial charge in [-0.05, 0) is 31.5 Å². The highest BCUT2D eigenvalue weighted by Crippen LogP contribution is 2.33. The highest BCUT2D eigenvalue weighted by atomic mass is 32.2. The fourth-order valence-electron chi connectivity index (χ4n) is 2.99. The van der Waals surface area contributed by atoms with Gasteiger partial charge in [0.15, 0.2) is 0 Å². The number of rotatable bonds is 3. The minimum atomic E-state index is -3.80. The number of fused-ring (bicyclic) bond motifs is 1. The van der Waals surface area contributed by atoms with E-state index in [2.05, 4.69) is 0 Å². The molecular formula is C15H17N3O4S. The van der Waals surface area contributed by atoms with Crippen molar-refractivity contribution in [2.75, 3.05) is 6.54 Å². The Kier molecular flexibility index (Phi) is 3.73. The van der Waals surface area contributed by atoms with Crippen molar-refractivity contribution >= 4 is 15.7 Å². The van der Waals surface area contributed by atoms with Gasteiger partial charge in [-0.2, -0.15) is 4.31 Å². The third kappa shape index (κ3) is 2.53. The molecule has 122 valence electrons. The van der Waals surface area contributed by atoms with Crippen LogP contribution in [0.15, 0.2) is 41.4 Å². The van der Waals surface area contributed by atoms with Gasteiger partial charge in [-0.15, -0.1) is 0 Å². The van der Waals surface area contributed by atoms with Crippen LogP contribution in [0.5, 0.6) is 0 Å². The zero-order chi connectivity index (χ0) is 16.8. The lowest BCUT2D eigenvalue weighted by Gasteiger charge is -2.34. The smallest absolute Gasteiger partial charge is 0.270 e. The Hall–Kier alpha value is -2.19. The van der Waals surface area contributed by atoms with E-state index in [0.29, 0.717) is 18.7 Å². The van der Waals surface area contributed by atoms with E-state index in [1.807, 2.05) is 29.8 Å². The first-order chi connectivity index (χ1) is 10.8. The number of hydrogen-bond donors (Lipinski definition) is 0. The molecule has 0 fully saturated rings. The van der Waals surface area contributed by atoms with E-state index in [1.54, 1.807) is 6.92 Å². The second-order valence-electron chi connectivity index (χ2n) is 5.63. The van der Waals surface area contributed by atoms with Gasteiger partial charge in [0.1, 0.15) is 0 Å². The van der Waals surface area contributed by atoms with Gasteiger partial charge >= 0.3 is 0 Å². The Morgan fingerprint density at radius 3 is 2.70 bits per heavy atom. The average Bonchev–Trinajstić information content (AvgIpc) is 2.96. The Balaban J connectivity index is 2.06. The zero-order valence-electron chi connectivity index (χ0n) is 12.8. The van der Waals surface area contributed by atoms with Gasteiger partial charge in [-0.25, -0.2) is 8.42 Å². The first-order valence-electron chi connectivity index (χ1n) is 7.24. The molecule has 0 spiro atoms. The van der Waals surface area contributed by atoms with Crippen LogP contribution in [-0.4, -0.2) is 28.8 Å². The van der Waals surface area contributed by atoms with Crippen LogP contribution in [0.1, 0.15) is 24.2 Å². The molecule has 0 N–H and O–H groups in total. The molecule has 3 rings (SSSR count). The highest BCUT2D eigenvalue weighted by Gasteiger charge is 2.35. The fraction of sp³-hybridized carbons (Fsp3) is 0.333. The van der Waals surface area contributed by atoms with Gasteiger partial charge in [-0.3, -0.25) is 10.1 Å². The quantitative estimate of drug-likeness (QED) is 0.637. The molecule has 1 unspecified atom stereocenters. The first-order valence-corrected chi connectivity index (χ1v) is 8.68. The Morgan fingerprint density at radius 2 is 2.00 bits per heavy atom. The Morgan fingerprint density at radius 1 is 1.26 bits per heavy atom. The van der Waals surface area contributed by atoms with E-state index in [-0.39, 0.29) is 16.6 Å². The second-order valence-corrected chi connectivity index (χ2v) is 7.48. The Labute approximate surface area is 134 Å². The molecule has 8 heteroatoms. The maximum atomic E-state index is 13.0. The summed E-state index contributed by atoms with van der Waals surface area (Å²) in [7, 11) is -3.80. The third-order valence-electron chi connectivity index (χ3n) is 4.26. The molecule has 0 amide bonds. The van der Waals surface area contributed by atoms with Crippen LogP contribution in [-0.2, 0) is 16.6 Å². The number of sulfonamides is 1. The molecule has 2 heterocycles. The number of nitro groups is 1. The van der Waals surface area contributed by atoms with Crippen molar-refractivity contribution in [3.05, 3.63) is 57.9 Å². The first kappa shape index (κ1) is 15.7. The monoisotopic (exact) mass is 335 g/mol. The standard InChI is InChI=1S/C15H17N3O4S/c1-11-5-6-13(18(19)20)10-15(11)23(21,22)17-9-8-16-7-3-4-14(16)12(17)2/h3-7,10,12H,8-9H2,1-2H3. The number of nitrogens with zero attached hydrogens (tertiary/aromatic N) is 3. The van der Waals surface area contributed by atoms with Crippen molar-refractivity contribution in [3.63, 3.8) is 0 Å². The maximum absolute atomic E-state index is 13.0. The van der Waals surface area contributed by atoms with Crippen molar-refractivity contribution < 1.29 is 13.3 Å². The van der Waals surface area contributed by atoms with Crippen LogP contribution >= 0.6 is 0 Å². The third-order valence-corrected chi connectivity index (χ3v) is 6.37. The number of aromatic nitrogens is 1. The normalized spacial score (nSPS) is 18.6. The molecule has 7 nitrogen and oxygen atoms in total. The fourth-order valence-corrected chi connectivity index (χ4v) is 4.84. The van der Waals surface area contributed by atoms with E-state index in [4.69, 9.17) is 0 Å². The Bertz CT molecular complexity index is 873. The number of hydrogen-bond acceptors (Lipinski definition) is 4. The SMILES string of the molecule is Cc1ccc([N+](=O)[O-])cc1S(=O)(=O)N1CCn2cccc2C1C. The molecule has 0 aliphatic carbocycles. The summed E-state index contributed by atoms with van der Waals surface area (Å²) in [4.78, 5) is 10.4. The molecule has 1 aromatic carbocycles. The van der Waals surface area contributed by atoms with Gasteiger partial charge in [0.2, 0.25) is 10.0 Å². The zero-order valence-corrected chi connectivity index (χ0v) is 13.7. The topological polar surface area (TPSA) is 85.4 Å². The molecule has 1 atom stereocenters. The van der Waals surface area contributed by atoms with Crippen LogP contribution in [0, 0.1) is 17.0 Å². The number of non-ortho nitro benzene ring substituents is 1. The lowest BCUT2D eigenvalue weighted by atomic mass is 10.2. The molecule has 1 aromatic heterocycles. The van der Waals surface area contributed by atoms with Gasteiger partial charge in [0, 0.05) is 37.1 Å². The van der Waals surface area contributed by atoms with Crippen LogP contribution in [0.25, 0.3) is 0 Å². The molecule has 2 aromatic rings. The highest BCUT2D eigenvalue weighted by molar-refractivity contribution is 7.89. The summed E-state index contributed by atoms with van der Waals surface area (Å²) >= 11 is 0. The summed E-state index contributed by atoms with van der Waals surface area (Å²) in [6, 6.07) is 7.40. The van der Waals surface area contributed by atoms with Crippen molar-refractivity contribution in [1.29, 1.82) is 0 Å². The molecule has 23 heavy (non-hydrogen) atoms. The van der Waals surface area contributed by atoms with E-state index in [0.717, 1.165) is 11.8 Å². The van der Waals surface area contributed by atoms with Crippen LogP contribution in [0.4, 0.5) is 5.69 Å². The van der Waals surface area contributed by atoms with Gasteiger partial charge in [-0.1, -0.05) is 6.07 Å². The van der Waals surface area contributed by atoms with Gasteiger partial charge < -0.3 is 4.57 Å². The van der Waals surface area contributed by atoms with Crippen molar-refractivity contribution in [3.8, 4) is 0 Å². The molecule has 1 aliphatic rings. The molecule has 0 saturated carbocycles. The van der Waals surface area contributed by atoms with E-state index < -0.39 is 14.9 Å². The number of nitro benzene ring substituents is 1. The lowest BCUT2D eigenvalue weighted by molar-refractivity contribution is -0.385. The van der Waals surface area contributed by atoms with E-state index in [9.17, 15) is 18.5 Å². The van der Waals surface area contributed by atoms with Crippen molar-refractivity contribution in [1.82, 2.24) is 8.87 Å². The summed E-state index contributed by atoms with van der Waals surface area (Å²) in [6.45, 7) is 4.39. The van der Waals surface area contributed by atoms with Crippen molar-refractivity contribution in [2.24, 2.45) is 0 Å². The number of aryl methyl sites for hydroxylation is 1. The van der Waals surface area contributed by atoms with Crippen molar-refractivity contribution in [2.45, 2.75) is 31.3 Å². The predicted molar refractivity (Wildman–Crippen MR) is 84.6 cm³/mol. The summed E-state index contributed by atoms with van der Waals surface area (Å²) in [6.07, 6.45) is 1.93. The minimum absolute atomic E-state index is 0.00134. The summed E-state index contributed by atoms with van der Waals surface area (Å²) in [5.41, 5.74) is 1.20. The minimum Gasteiger partial charge on any atom is -0.349 e. The predicted octanol–water partition coefficient (Wildman–Crippen LogP) is 2.47. The van der Waals surface area contributed by atoms with E-state index in [1.165, 1.54) is 16.4 Å². The van der Waals surface area contributed by atoms with Gasteiger partial charge in [0.05, 0.1) is 15.9 Å². The van der Waals surface area contributed by atoms with Crippen LogP contribution < -0.4 is 0 Å². The second kappa shape index (κ2) is 5.47. The maximum Gasteiger partial charge on any atom is 0.270 e. The largest absolute Gasteiger partial charge is 0.349 e. The van der Waals surface area contributed by atoms with Gasteiger partial charge in [0.25, 0.3) is 5.69 Å². The summed E-state index contributed by atoms with van der Waals surface area (Å²) in [5.74, 6) is 0. The molecule has 0 bridgehead atoms. The van der Waals surface area contributed by atoms with Crippen LogP contribution in [0.3, 0.4) is 0 Å². The van der Waals surface area contributed by atoms with E-state index >= 15 is 0 Å². The average molecular weight is 335 g/mol. The number of benzene rings is 1. The molecule has 0 radical (unpaired) electrons. The summed E-state index contributed by atoms with van der Waals surface area (Å²) < 4.78 is 29.5. The van der Waals surface area contributed by atoms with Crippen LogP contribution in [0.2, 0.25) is 0 Å². The summed E-state index contributed by atoms with van der Waals surface area (Å²) in [5, 5.41) is 11.0. The molecule has 0 saturated heterocycles.